The zero-order valence-electron chi connectivity index (χ0n) is 18.6. The standard InChI is InChI=1S/C22H26N6O4S/c1-23-10-11-27(2)21(29)18-13-19(25-28(18)3)33(31,32)26-22(30)24-20-16-8-4-6-14(16)12-15-7-5-9-17(15)20/h12-13H,4-11H2,2-3H3,(H2,24,26,30). The van der Waals surface area contributed by atoms with Gasteiger partial charge in [-0.1, -0.05) is 6.07 Å². The number of carbonyl (C=O) groups is 2. The fourth-order valence-corrected chi connectivity index (χ4v) is 5.45. The third-order valence-electron chi connectivity index (χ3n) is 6.18. The van der Waals surface area contributed by atoms with Gasteiger partial charge >= 0.3 is 6.03 Å². The monoisotopic (exact) mass is 470 g/mol. The highest BCUT2D eigenvalue weighted by Crippen LogP contribution is 2.38. The number of nitrogens with one attached hydrogen (secondary N) is 2. The van der Waals surface area contributed by atoms with E-state index in [1.54, 1.807) is 0 Å². The molecule has 10 nitrogen and oxygen atoms in total. The summed E-state index contributed by atoms with van der Waals surface area (Å²) in [6.07, 6.45) is 5.68. The molecular formula is C22H26N6O4S. The normalized spacial score (nSPS) is 14.3. The Bertz CT molecular complexity index is 1240. The Morgan fingerprint density at radius 1 is 1.15 bits per heavy atom. The zero-order chi connectivity index (χ0) is 23.8. The van der Waals surface area contributed by atoms with Crippen LogP contribution in [-0.2, 0) is 42.8 Å². The fourth-order valence-electron chi connectivity index (χ4n) is 4.55. The number of sulfonamides is 1. The van der Waals surface area contributed by atoms with Gasteiger partial charge < -0.3 is 15.1 Å². The molecule has 2 aliphatic carbocycles. The molecule has 2 aliphatic rings. The number of benzene rings is 1. The van der Waals surface area contributed by atoms with Crippen LogP contribution in [0, 0.1) is 6.57 Å². The summed E-state index contributed by atoms with van der Waals surface area (Å²) < 4.78 is 28.8. The first-order valence-corrected chi connectivity index (χ1v) is 12.3. The molecule has 0 atom stereocenters. The average molecular weight is 471 g/mol. The summed E-state index contributed by atoms with van der Waals surface area (Å²) in [5.74, 6) is -0.463. The minimum atomic E-state index is -4.30. The van der Waals surface area contributed by atoms with Crippen LogP contribution in [0.5, 0.6) is 0 Å². The first kappa shape index (κ1) is 22.8. The van der Waals surface area contributed by atoms with Gasteiger partial charge in [0.05, 0.1) is 6.54 Å². The van der Waals surface area contributed by atoms with Crippen molar-refractivity contribution in [3.8, 4) is 0 Å². The Morgan fingerprint density at radius 2 is 1.79 bits per heavy atom. The number of rotatable bonds is 6. The number of aromatic nitrogens is 2. The van der Waals surface area contributed by atoms with Crippen LogP contribution in [0.25, 0.3) is 4.85 Å². The summed E-state index contributed by atoms with van der Waals surface area (Å²) in [6, 6.07) is 2.51. The van der Waals surface area contributed by atoms with Crippen LogP contribution in [0.2, 0.25) is 0 Å². The van der Waals surface area contributed by atoms with Crippen LogP contribution in [0.3, 0.4) is 0 Å². The molecular weight excluding hydrogens is 444 g/mol. The summed E-state index contributed by atoms with van der Waals surface area (Å²) in [7, 11) is -1.32. The first-order chi connectivity index (χ1) is 15.7. The maximum Gasteiger partial charge on any atom is 0.333 e. The van der Waals surface area contributed by atoms with E-state index in [1.165, 1.54) is 30.1 Å². The second-order valence-electron chi connectivity index (χ2n) is 8.39. The highest BCUT2D eigenvalue weighted by Gasteiger charge is 2.28. The molecule has 3 amide bonds. The Kier molecular flexibility index (Phi) is 6.12. The largest absolute Gasteiger partial charge is 0.333 e. The van der Waals surface area contributed by atoms with Gasteiger partial charge in [-0.2, -0.15) is 13.5 Å². The predicted molar refractivity (Wildman–Crippen MR) is 121 cm³/mol. The topological polar surface area (TPSA) is 118 Å². The third-order valence-corrected chi connectivity index (χ3v) is 7.39. The lowest BCUT2D eigenvalue weighted by Crippen LogP contribution is -2.35. The van der Waals surface area contributed by atoms with Crippen molar-refractivity contribution in [3.63, 3.8) is 0 Å². The molecule has 0 saturated carbocycles. The van der Waals surface area contributed by atoms with Crippen LogP contribution in [0.15, 0.2) is 17.2 Å². The van der Waals surface area contributed by atoms with Crippen LogP contribution >= 0.6 is 0 Å². The van der Waals surface area contributed by atoms with Crippen molar-refractivity contribution in [1.29, 1.82) is 0 Å². The number of fused-ring (bicyclic) bond motifs is 2. The molecule has 0 saturated heterocycles. The maximum atomic E-state index is 12.8. The highest BCUT2D eigenvalue weighted by molar-refractivity contribution is 7.90. The number of urea groups is 1. The molecule has 1 heterocycles. The molecule has 1 aromatic carbocycles. The summed E-state index contributed by atoms with van der Waals surface area (Å²) in [5, 5.41) is 6.28. The molecule has 2 N–H and O–H groups in total. The molecule has 33 heavy (non-hydrogen) atoms. The lowest BCUT2D eigenvalue weighted by atomic mass is 9.99. The van der Waals surface area contributed by atoms with Crippen molar-refractivity contribution in [3.05, 3.63) is 51.5 Å². The number of amides is 3. The third kappa shape index (κ3) is 4.43. The smallest absolute Gasteiger partial charge is 0.333 e. The first-order valence-electron chi connectivity index (χ1n) is 10.8. The minimum absolute atomic E-state index is 0.0435. The molecule has 0 bridgehead atoms. The molecule has 1 aromatic heterocycles. The number of carbonyl (C=O) groups excluding carboxylic acids is 2. The van der Waals surface area contributed by atoms with Gasteiger partial charge in [0.25, 0.3) is 15.9 Å². The van der Waals surface area contributed by atoms with E-state index in [0.717, 1.165) is 66.1 Å². The Morgan fingerprint density at radius 3 is 2.39 bits per heavy atom. The van der Waals surface area contributed by atoms with Gasteiger partial charge in [-0.15, -0.1) is 0 Å². The van der Waals surface area contributed by atoms with Gasteiger partial charge in [-0.25, -0.2) is 16.1 Å². The zero-order valence-corrected chi connectivity index (χ0v) is 19.5. The lowest BCUT2D eigenvalue weighted by molar-refractivity contribution is 0.0790. The number of nitrogens with zero attached hydrogens (tertiary/aromatic N) is 4. The number of likely N-dealkylation sites (N-methyl/N-ethyl adjacent to an activating group) is 1. The van der Waals surface area contributed by atoms with E-state index in [1.807, 2.05) is 4.72 Å². The van der Waals surface area contributed by atoms with Gasteiger partial charge in [-0.05, 0) is 60.8 Å². The van der Waals surface area contributed by atoms with Crippen molar-refractivity contribution in [2.45, 2.75) is 43.6 Å². The van der Waals surface area contributed by atoms with Crippen molar-refractivity contribution in [2.75, 3.05) is 25.5 Å². The molecule has 174 valence electrons. The van der Waals surface area contributed by atoms with Gasteiger partial charge in [0, 0.05) is 25.8 Å². The summed E-state index contributed by atoms with van der Waals surface area (Å²) >= 11 is 0. The maximum absolute atomic E-state index is 12.8. The molecule has 0 radical (unpaired) electrons. The molecule has 0 fully saturated rings. The van der Waals surface area contributed by atoms with Gasteiger partial charge in [0.1, 0.15) is 5.69 Å². The molecule has 0 unspecified atom stereocenters. The van der Waals surface area contributed by atoms with Gasteiger partial charge in [0.15, 0.2) is 5.03 Å². The number of hydrogen-bond acceptors (Lipinski definition) is 5. The van der Waals surface area contributed by atoms with E-state index in [0.29, 0.717) is 0 Å². The van der Waals surface area contributed by atoms with Crippen molar-refractivity contribution in [1.82, 2.24) is 19.4 Å². The van der Waals surface area contributed by atoms with Crippen LogP contribution in [0.4, 0.5) is 10.5 Å². The highest BCUT2D eigenvalue weighted by atomic mass is 32.2. The van der Waals surface area contributed by atoms with Gasteiger partial charge in [0.2, 0.25) is 6.54 Å². The number of hydrogen-bond donors (Lipinski definition) is 2. The van der Waals surface area contributed by atoms with Crippen molar-refractivity contribution >= 4 is 27.6 Å². The van der Waals surface area contributed by atoms with E-state index in [4.69, 9.17) is 6.57 Å². The Hall–Kier alpha value is -3.39. The Balaban J connectivity index is 1.52. The van der Waals surface area contributed by atoms with E-state index < -0.39 is 27.0 Å². The number of anilines is 1. The second kappa shape index (κ2) is 8.86. The van der Waals surface area contributed by atoms with Crippen LogP contribution in [-0.4, -0.2) is 55.2 Å². The minimum Gasteiger partial charge on any atom is -0.333 e. The molecule has 11 heteroatoms. The lowest BCUT2D eigenvalue weighted by Gasteiger charge is -2.16. The van der Waals surface area contributed by atoms with E-state index in [-0.39, 0.29) is 18.8 Å². The summed E-state index contributed by atoms with van der Waals surface area (Å²) in [5.41, 5.74) is 5.42. The van der Waals surface area contributed by atoms with E-state index in [9.17, 15) is 18.0 Å². The van der Waals surface area contributed by atoms with Crippen LogP contribution < -0.4 is 10.0 Å². The fraction of sp³-hybridized carbons (Fsp3) is 0.455. The number of aryl methyl sites for hydroxylation is 3. The van der Waals surface area contributed by atoms with Crippen molar-refractivity contribution in [2.24, 2.45) is 7.05 Å². The van der Waals surface area contributed by atoms with Crippen molar-refractivity contribution < 1.29 is 18.0 Å². The molecule has 4 rings (SSSR count). The van der Waals surface area contributed by atoms with E-state index >= 15 is 0 Å². The predicted octanol–water partition coefficient (Wildman–Crippen LogP) is 1.90. The van der Waals surface area contributed by atoms with Crippen LogP contribution in [0.1, 0.15) is 45.6 Å². The summed E-state index contributed by atoms with van der Waals surface area (Å²) in [4.78, 5) is 29.8. The quantitative estimate of drug-likeness (QED) is 0.626. The van der Waals surface area contributed by atoms with Gasteiger partial charge in [-0.3, -0.25) is 9.48 Å². The summed E-state index contributed by atoms with van der Waals surface area (Å²) in [6.45, 7) is 7.19. The Labute approximate surface area is 192 Å². The second-order valence-corrected chi connectivity index (χ2v) is 10.0. The molecule has 2 aromatic rings. The molecule has 0 aliphatic heterocycles. The average Bonchev–Trinajstić information content (AvgIpc) is 3.50. The van der Waals surface area contributed by atoms with E-state index in [2.05, 4.69) is 21.3 Å². The molecule has 0 spiro atoms. The SMILES string of the molecule is [C-]#[N+]CCN(C)C(=O)c1cc(S(=O)(=O)NC(=O)Nc2c3c(cc4c2CCC4)CCC3)nn1C.